The van der Waals surface area contributed by atoms with Gasteiger partial charge in [-0.25, -0.2) is 4.39 Å². The summed E-state index contributed by atoms with van der Waals surface area (Å²) in [4.78, 5) is 11.1. The average molecular weight is 262 g/mol. The molecule has 0 aliphatic rings. The number of nitrogens with zero attached hydrogens (tertiary/aromatic N) is 2. The van der Waals surface area contributed by atoms with E-state index in [1.54, 1.807) is 29.9 Å². The monoisotopic (exact) mass is 262 g/mol. The van der Waals surface area contributed by atoms with E-state index in [0.717, 1.165) is 11.3 Å². The van der Waals surface area contributed by atoms with Crippen molar-refractivity contribution in [2.75, 3.05) is 0 Å². The summed E-state index contributed by atoms with van der Waals surface area (Å²) in [5.41, 5.74) is 2.11. The van der Waals surface area contributed by atoms with Crippen LogP contribution in [0.5, 0.6) is 0 Å². The molecule has 19 heavy (non-hydrogen) atoms. The molecule has 1 heterocycles. The van der Waals surface area contributed by atoms with Crippen LogP contribution in [0.1, 0.15) is 25.0 Å². The normalized spacial score (nSPS) is 12.4. The molecule has 1 unspecified atom stereocenters. The van der Waals surface area contributed by atoms with Crippen LogP contribution in [-0.4, -0.2) is 20.9 Å². The van der Waals surface area contributed by atoms with Gasteiger partial charge in [0.15, 0.2) is 0 Å². The molecule has 1 aromatic carbocycles. The topological polar surface area (TPSA) is 55.1 Å². The highest BCUT2D eigenvalue weighted by atomic mass is 19.1. The minimum Gasteiger partial charge on any atom is -0.481 e. The molecule has 0 fully saturated rings. The van der Waals surface area contributed by atoms with Crippen molar-refractivity contribution in [3.8, 4) is 11.3 Å². The standard InChI is InChI=1S/C14H15FN2O2/c1-3-11(14(18)19)12-8-13(17(2)16-12)9-4-6-10(15)7-5-9/h4-8,11H,3H2,1-2H3,(H,18,19). The van der Waals surface area contributed by atoms with E-state index in [0.29, 0.717) is 12.1 Å². The quantitative estimate of drug-likeness (QED) is 0.921. The van der Waals surface area contributed by atoms with Gasteiger partial charge >= 0.3 is 5.97 Å². The molecule has 0 aliphatic heterocycles. The maximum absolute atomic E-state index is 12.9. The molecule has 0 saturated carbocycles. The summed E-state index contributed by atoms with van der Waals surface area (Å²) in [6.07, 6.45) is 0.481. The number of halogens is 1. The van der Waals surface area contributed by atoms with Crippen molar-refractivity contribution in [3.05, 3.63) is 41.8 Å². The van der Waals surface area contributed by atoms with Gasteiger partial charge in [0.25, 0.3) is 0 Å². The Morgan fingerprint density at radius 3 is 2.58 bits per heavy atom. The molecular formula is C14H15FN2O2. The number of aliphatic carboxylic acids is 1. The Morgan fingerprint density at radius 1 is 1.42 bits per heavy atom. The first kappa shape index (κ1) is 13.3. The molecule has 1 atom stereocenters. The van der Waals surface area contributed by atoms with Crippen molar-refractivity contribution in [2.45, 2.75) is 19.3 Å². The van der Waals surface area contributed by atoms with E-state index in [4.69, 9.17) is 5.11 Å². The minimum absolute atomic E-state index is 0.303. The van der Waals surface area contributed by atoms with Crippen LogP contribution in [0, 0.1) is 5.82 Å². The van der Waals surface area contributed by atoms with Gasteiger partial charge in [0.05, 0.1) is 11.4 Å². The number of hydrogen-bond donors (Lipinski definition) is 1. The van der Waals surface area contributed by atoms with Crippen molar-refractivity contribution in [1.82, 2.24) is 9.78 Å². The first-order chi connectivity index (χ1) is 9.02. The van der Waals surface area contributed by atoms with Crippen LogP contribution in [0.25, 0.3) is 11.3 Å². The number of benzene rings is 1. The molecule has 0 aliphatic carbocycles. The second-order valence-corrected chi connectivity index (χ2v) is 4.38. The number of aryl methyl sites for hydroxylation is 1. The molecule has 0 bridgehead atoms. The van der Waals surface area contributed by atoms with E-state index in [1.807, 2.05) is 6.92 Å². The predicted octanol–water partition coefficient (Wildman–Crippen LogP) is 2.80. The molecule has 0 radical (unpaired) electrons. The third-order valence-corrected chi connectivity index (χ3v) is 3.10. The predicted molar refractivity (Wildman–Crippen MR) is 69.3 cm³/mol. The lowest BCUT2D eigenvalue weighted by Gasteiger charge is -2.04. The fraction of sp³-hybridized carbons (Fsp3) is 0.286. The van der Waals surface area contributed by atoms with Gasteiger partial charge in [0.2, 0.25) is 0 Å². The zero-order chi connectivity index (χ0) is 14.0. The number of carboxylic acid groups (broad SMARTS) is 1. The van der Waals surface area contributed by atoms with Gasteiger partial charge in [-0.15, -0.1) is 0 Å². The fourth-order valence-electron chi connectivity index (χ4n) is 2.06. The first-order valence-electron chi connectivity index (χ1n) is 6.05. The third-order valence-electron chi connectivity index (χ3n) is 3.10. The molecule has 2 rings (SSSR count). The highest BCUT2D eigenvalue weighted by molar-refractivity contribution is 5.76. The Morgan fingerprint density at radius 2 is 2.05 bits per heavy atom. The molecule has 0 amide bonds. The largest absolute Gasteiger partial charge is 0.481 e. The van der Waals surface area contributed by atoms with Crippen molar-refractivity contribution in [2.24, 2.45) is 7.05 Å². The third kappa shape index (κ3) is 2.65. The van der Waals surface area contributed by atoms with Gasteiger partial charge in [0.1, 0.15) is 11.7 Å². The number of carbonyl (C=O) groups is 1. The van der Waals surface area contributed by atoms with Gasteiger partial charge in [-0.1, -0.05) is 6.92 Å². The summed E-state index contributed by atoms with van der Waals surface area (Å²) in [5.74, 6) is -1.80. The second kappa shape index (κ2) is 5.22. The Balaban J connectivity index is 2.41. The van der Waals surface area contributed by atoms with E-state index in [2.05, 4.69) is 5.10 Å². The maximum Gasteiger partial charge on any atom is 0.312 e. The molecule has 1 aromatic heterocycles. The second-order valence-electron chi connectivity index (χ2n) is 4.38. The Kier molecular flexibility index (Phi) is 3.64. The van der Waals surface area contributed by atoms with Crippen molar-refractivity contribution >= 4 is 5.97 Å². The van der Waals surface area contributed by atoms with Crippen LogP contribution in [-0.2, 0) is 11.8 Å². The lowest BCUT2D eigenvalue weighted by atomic mass is 10.0. The van der Waals surface area contributed by atoms with E-state index in [-0.39, 0.29) is 5.82 Å². The van der Waals surface area contributed by atoms with Gasteiger partial charge in [-0.05, 0) is 42.3 Å². The Hall–Kier alpha value is -2.17. The summed E-state index contributed by atoms with van der Waals surface area (Å²) in [6, 6.07) is 7.79. The van der Waals surface area contributed by atoms with Crippen LogP contribution >= 0.6 is 0 Å². The SMILES string of the molecule is CCC(C(=O)O)c1cc(-c2ccc(F)cc2)n(C)n1. The highest BCUT2D eigenvalue weighted by Crippen LogP contribution is 2.25. The summed E-state index contributed by atoms with van der Waals surface area (Å²) in [7, 11) is 1.75. The zero-order valence-electron chi connectivity index (χ0n) is 10.8. The zero-order valence-corrected chi connectivity index (χ0v) is 10.8. The van der Waals surface area contributed by atoms with Crippen molar-refractivity contribution < 1.29 is 14.3 Å². The van der Waals surface area contributed by atoms with Gasteiger partial charge in [0, 0.05) is 7.05 Å². The molecule has 5 heteroatoms. The van der Waals surface area contributed by atoms with E-state index in [9.17, 15) is 9.18 Å². The average Bonchev–Trinajstić information content (AvgIpc) is 2.72. The van der Waals surface area contributed by atoms with Gasteiger partial charge < -0.3 is 5.11 Å². The van der Waals surface area contributed by atoms with Crippen molar-refractivity contribution in [3.63, 3.8) is 0 Å². The molecule has 4 nitrogen and oxygen atoms in total. The number of hydrogen-bond acceptors (Lipinski definition) is 2. The number of rotatable bonds is 4. The van der Waals surface area contributed by atoms with E-state index < -0.39 is 11.9 Å². The lowest BCUT2D eigenvalue weighted by molar-refractivity contribution is -0.138. The van der Waals surface area contributed by atoms with E-state index >= 15 is 0 Å². The van der Waals surface area contributed by atoms with Crippen LogP contribution in [0.4, 0.5) is 4.39 Å². The Labute approximate surface area is 110 Å². The first-order valence-corrected chi connectivity index (χ1v) is 6.05. The Bertz CT molecular complexity index is 590. The van der Waals surface area contributed by atoms with Crippen molar-refractivity contribution in [1.29, 1.82) is 0 Å². The maximum atomic E-state index is 12.9. The van der Waals surface area contributed by atoms with E-state index in [1.165, 1.54) is 12.1 Å². The minimum atomic E-state index is -0.883. The van der Waals surface area contributed by atoms with Gasteiger partial charge in [-0.3, -0.25) is 9.48 Å². The number of aromatic nitrogens is 2. The molecular weight excluding hydrogens is 247 g/mol. The highest BCUT2D eigenvalue weighted by Gasteiger charge is 2.22. The molecule has 100 valence electrons. The summed E-state index contributed by atoms with van der Waals surface area (Å²) < 4.78 is 14.5. The van der Waals surface area contributed by atoms with Crippen LogP contribution in [0.3, 0.4) is 0 Å². The smallest absolute Gasteiger partial charge is 0.312 e. The lowest BCUT2D eigenvalue weighted by Crippen LogP contribution is -2.11. The molecule has 2 aromatic rings. The molecule has 1 N–H and O–H groups in total. The summed E-state index contributed by atoms with van der Waals surface area (Å²) in [6.45, 7) is 1.81. The van der Waals surface area contributed by atoms with Crippen LogP contribution in [0.15, 0.2) is 30.3 Å². The fourth-order valence-corrected chi connectivity index (χ4v) is 2.06. The van der Waals surface area contributed by atoms with Crippen LogP contribution in [0.2, 0.25) is 0 Å². The summed E-state index contributed by atoms with van der Waals surface area (Å²) >= 11 is 0. The van der Waals surface area contributed by atoms with Gasteiger partial charge in [-0.2, -0.15) is 5.10 Å². The summed E-state index contributed by atoms with van der Waals surface area (Å²) in [5, 5.41) is 13.4. The van der Waals surface area contributed by atoms with Crippen LogP contribution < -0.4 is 0 Å². The number of carboxylic acids is 1. The molecule has 0 saturated heterocycles. The molecule has 0 spiro atoms.